The molecule has 2 unspecified atom stereocenters. The number of nitriles is 2. The standard InChI is InChI=1S/C13H15ClN4/c1-10(17)13(18(8-6-15)9-7-16)11-2-4-12(14)5-3-11/h2-5,10,13H,8-9,17H2,1H3. The third-order valence-corrected chi connectivity index (χ3v) is 2.90. The zero-order chi connectivity index (χ0) is 13.5. The third-order valence-electron chi connectivity index (χ3n) is 2.65. The van der Waals surface area contributed by atoms with Crippen molar-refractivity contribution in [3.8, 4) is 12.1 Å². The van der Waals surface area contributed by atoms with Gasteiger partial charge in [0.1, 0.15) is 0 Å². The van der Waals surface area contributed by atoms with Gasteiger partial charge < -0.3 is 5.73 Å². The molecule has 2 N–H and O–H groups in total. The molecule has 0 saturated carbocycles. The van der Waals surface area contributed by atoms with Crippen LogP contribution in [-0.2, 0) is 0 Å². The minimum Gasteiger partial charge on any atom is -0.326 e. The number of halogens is 1. The van der Waals surface area contributed by atoms with E-state index in [1.807, 2.05) is 19.1 Å². The quantitative estimate of drug-likeness (QED) is 0.824. The summed E-state index contributed by atoms with van der Waals surface area (Å²) < 4.78 is 0. The van der Waals surface area contributed by atoms with Gasteiger partial charge in [-0.25, -0.2) is 0 Å². The maximum absolute atomic E-state index is 8.82. The van der Waals surface area contributed by atoms with Crippen LogP contribution in [0.2, 0.25) is 5.02 Å². The van der Waals surface area contributed by atoms with Gasteiger partial charge in [-0.3, -0.25) is 4.90 Å². The Kier molecular flexibility index (Phi) is 5.61. The summed E-state index contributed by atoms with van der Waals surface area (Å²) in [5, 5.41) is 18.3. The summed E-state index contributed by atoms with van der Waals surface area (Å²) in [6, 6.07) is 11.1. The molecule has 0 aliphatic heterocycles. The van der Waals surface area contributed by atoms with E-state index < -0.39 is 0 Å². The molecule has 0 amide bonds. The van der Waals surface area contributed by atoms with Crippen molar-refractivity contribution in [2.75, 3.05) is 13.1 Å². The maximum Gasteiger partial charge on any atom is 0.0879 e. The van der Waals surface area contributed by atoms with Crippen LogP contribution in [0.1, 0.15) is 18.5 Å². The Hall–Kier alpha value is -1.59. The molecule has 0 aromatic heterocycles. The molecule has 1 aromatic carbocycles. The van der Waals surface area contributed by atoms with Gasteiger partial charge in [0.05, 0.1) is 31.3 Å². The number of hydrogen-bond acceptors (Lipinski definition) is 4. The van der Waals surface area contributed by atoms with Gasteiger partial charge in [0.2, 0.25) is 0 Å². The predicted octanol–water partition coefficient (Wildman–Crippen LogP) is 2.08. The zero-order valence-corrected chi connectivity index (χ0v) is 10.9. The molecule has 0 radical (unpaired) electrons. The second-order valence-corrected chi connectivity index (χ2v) is 4.51. The molecule has 18 heavy (non-hydrogen) atoms. The SMILES string of the molecule is CC(N)C(c1ccc(Cl)cc1)N(CC#N)CC#N. The zero-order valence-electron chi connectivity index (χ0n) is 10.2. The lowest BCUT2D eigenvalue weighted by molar-refractivity contribution is 0.222. The number of benzene rings is 1. The van der Waals surface area contributed by atoms with Gasteiger partial charge in [0.25, 0.3) is 0 Å². The van der Waals surface area contributed by atoms with Gasteiger partial charge in [-0.05, 0) is 24.6 Å². The van der Waals surface area contributed by atoms with Crippen molar-refractivity contribution in [3.05, 3.63) is 34.9 Å². The first-order chi connectivity index (χ1) is 8.60. The van der Waals surface area contributed by atoms with Crippen LogP contribution in [-0.4, -0.2) is 24.0 Å². The van der Waals surface area contributed by atoms with E-state index in [2.05, 4.69) is 12.1 Å². The molecular formula is C13H15ClN4. The molecule has 0 spiro atoms. The molecule has 0 saturated heterocycles. The topological polar surface area (TPSA) is 76.8 Å². The van der Waals surface area contributed by atoms with Gasteiger partial charge in [0.15, 0.2) is 0 Å². The van der Waals surface area contributed by atoms with Crippen LogP contribution >= 0.6 is 11.6 Å². The van der Waals surface area contributed by atoms with Gasteiger partial charge in [-0.1, -0.05) is 23.7 Å². The number of hydrogen-bond donors (Lipinski definition) is 1. The molecule has 2 atom stereocenters. The molecule has 4 nitrogen and oxygen atoms in total. The molecule has 94 valence electrons. The number of rotatable bonds is 5. The van der Waals surface area contributed by atoms with E-state index in [4.69, 9.17) is 27.9 Å². The van der Waals surface area contributed by atoms with Gasteiger partial charge >= 0.3 is 0 Å². The molecule has 0 fully saturated rings. The van der Waals surface area contributed by atoms with E-state index in [1.54, 1.807) is 17.0 Å². The Morgan fingerprint density at radius 2 is 1.72 bits per heavy atom. The molecule has 1 rings (SSSR count). The molecule has 5 heteroatoms. The summed E-state index contributed by atoms with van der Waals surface area (Å²) in [5.74, 6) is 0. The van der Waals surface area contributed by atoms with E-state index in [0.717, 1.165) is 5.56 Å². The predicted molar refractivity (Wildman–Crippen MR) is 70.6 cm³/mol. The van der Waals surface area contributed by atoms with E-state index in [0.29, 0.717) is 5.02 Å². The molecular weight excluding hydrogens is 248 g/mol. The third kappa shape index (κ3) is 3.72. The lowest BCUT2D eigenvalue weighted by Gasteiger charge is -2.31. The van der Waals surface area contributed by atoms with Crippen LogP contribution in [0, 0.1) is 22.7 Å². The highest BCUT2D eigenvalue weighted by molar-refractivity contribution is 6.30. The monoisotopic (exact) mass is 262 g/mol. The van der Waals surface area contributed by atoms with E-state index in [1.165, 1.54) is 0 Å². The van der Waals surface area contributed by atoms with Crippen molar-refractivity contribution in [3.63, 3.8) is 0 Å². The van der Waals surface area contributed by atoms with Crippen LogP contribution in [0.15, 0.2) is 24.3 Å². The fraction of sp³-hybridized carbons (Fsp3) is 0.385. The van der Waals surface area contributed by atoms with E-state index >= 15 is 0 Å². The van der Waals surface area contributed by atoms with Crippen LogP contribution in [0.5, 0.6) is 0 Å². The first-order valence-corrected chi connectivity index (χ1v) is 5.97. The average Bonchev–Trinajstić information content (AvgIpc) is 2.32. The van der Waals surface area contributed by atoms with Crippen LogP contribution in [0.3, 0.4) is 0 Å². The molecule has 1 aromatic rings. The van der Waals surface area contributed by atoms with Crippen LogP contribution in [0.25, 0.3) is 0 Å². The Morgan fingerprint density at radius 1 is 1.22 bits per heavy atom. The molecule has 0 heterocycles. The Labute approximate surface area is 112 Å². The van der Waals surface area contributed by atoms with Crippen LogP contribution < -0.4 is 5.73 Å². The van der Waals surface area contributed by atoms with Crippen molar-refractivity contribution >= 4 is 11.6 Å². The summed E-state index contributed by atoms with van der Waals surface area (Å²) in [5.41, 5.74) is 6.93. The smallest absolute Gasteiger partial charge is 0.0879 e. The summed E-state index contributed by atoms with van der Waals surface area (Å²) in [7, 11) is 0. The van der Waals surface area contributed by atoms with E-state index in [9.17, 15) is 0 Å². The highest BCUT2D eigenvalue weighted by Gasteiger charge is 2.23. The highest BCUT2D eigenvalue weighted by atomic mass is 35.5. The second kappa shape index (κ2) is 6.98. The fourth-order valence-corrected chi connectivity index (χ4v) is 2.07. The number of nitrogens with zero attached hydrogens (tertiary/aromatic N) is 3. The second-order valence-electron chi connectivity index (χ2n) is 4.08. The van der Waals surface area contributed by atoms with Gasteiger partial charge in [-0.2, -0.15) is 10.5 Å². The van der Waals surface area contributed by atoms with E-state index in [-0.39, 0.29) is 25.2 Å². The minimum absolute atomic E-state index is 0.165. The first kappa shape index (κ1) is 14.5. The molecule has 0 aliphatic rings. The van der Waals surface area contributed by atoms with Crippen molar-refractivity contribution in [2.24, 2.45) is 5.73 Å². The summed E-state index contributed by atoms with van der Waals surface area (Å²) >= 11 is 5.85. The lowest BCUT2D eigenvalue weighted by atomic mass is 9.99. The van der Waals surface area contributed by atoms with Crippen molar-refractivity contribution in [2.45, 2.75) is 19.0 Å². The Balaban J connectivity index is 3.04. The normalized spacial score (nSPS) is 13.7. The van der Waals surface area contributed by atoms with Crippen molar-refractivity contribution in [1.29, 1.82) is 10.5 Å². The fourth-order valence-electron chi connectivity index (χ4n) is 1.94. The van der Waals surface area contributed by atoms with Crippen molar-refractivity contribution < 1.29 is 0 Å². The maximum atomic E-state index is 8.82. The minimum atomic E-state index is -0.187. The van der Waals surface area contributed by atoms with Crippen molar-refractivity contribution in [1.82, 2.24) is 4.90 Å². The summed E-state index contributed by atoms with van der Waals surface area (Å²) in [6.45, 7) is 2.20. The average molecular weight is 263 g/mol. The van der Waals surface area contributed by atoms with Gasteiger partial charge in [-0.15, -0.1) is 0 Å². The highest BCUT2D eigenvalue weighted by Crippen LogP contribution is 2.24. The largest absolute Gasteiger partial charge is 0.326 e. The lowest BCUT2D eigenvalue weighted by Crippen LogP contribution is -2.40. The Morgan fingerprint density at radius 3 is 2.11 bits per heavy atom. The van der Waals surface area contributed by atoms with Gasteiger partial charge in [0, 0.05) is 11.1 Å². The molecule has 0 bridgehead atoms. The molecule has 0 aliphatic carbocycles. The summed E-state index contributed by atoms with van der Waals surface area (Å²) in [4.78, 5) is 1.76. The first-order valence-electron chi connectivity index (χ1n) is 5.59. The van der Waals surface area contributed by atoms with Crippen LogP contribution in [0.4, 0.5) is 0 Å². The Bertz CT molecular complexity index is 439. The number of nitrogens with two attached hydrogens (primary N) is 1. The summed E-state index contributed by atoms with van der Waals surface area (Å²) in [6.07, 6.45) is 0.